The predicted molar refractivity (Wildman–Crippen MR) is 72.2 cm³/mol. The maximum absolute atomic E-state index is 9.37. The lowest BCUT2D eigenvalue weighted by molar-refractivity contribution is 0.169. The lowest BCUT2D eigenvalue weighted by Gasteiger charge is -2.27. The van der Waals surface area contributed by atoms with Gasteiger partial charge in [-0.3, -0.25) is 0 Å². The smallest absolute Gasteiger partial charge is 0.0610 e. The summed E-state index contributed by atoms with van der Waals surface area (Å²) in [5.41, 5.74) is 3.80. The van der Waals surface area contributed by atoms with Gasteiger partial charge in [0.1, 0.15) is 0 Å². The van der Waals surface area contributed by atoms with Crippen LogP contribution in [0.3, 0.4) is 0 Å². The van der Waals surface area contributed by atoms with E-state index in [-0.39, 0.29) is 12.1 Å². The van der Waals surface area contributed by atoms with Crippen LogP contribution in [0.25, 0.3) is 0 Å². The van der Waals surface area contributed by atoms with Gasteiger partial charge in [-0.15, -0.1) is 0 Å². The molecule has 3 nitrogen and oxygen atoms in total. The minimum Gasteiger partial charge on any atom is -0.394 e. The Morgan fingerprint density at radius 1 is 1.35 bits per heavy atom. The molecule has 0 saturated carbocycles. The molecule has 0 aliphatic heterocycles. The fraction of sp³-hybridized carbons (Fsp3) is 0.714. The van der Waals surface area contributed by atoms with Crippen LogP contribution in [0.1, 0.15) is 44.1 Å². The van der Waals surface area contributed by atoms with Crippen LogP contribution >= 0.6 is 0 Å². The zero-order chi connectivity index (χ0) is 13.1. The van der Waals surface area contributed by atoms with E-state index in [4.69, 9.17) is 0 Å². The van der Waals surface area contributed by atoms with Crippen LogP contribution in [0, 0.1) is 13.8 Å². The Hall–Kier alpha value is -0.800. The third-order valence-corrected chi connectivity index (χ3v) is 3.83. The molecule has 0 aliphatic carbocycles. The average Bonchev–Trinajstić information content (AvgIpc) is 2.61. The zero-order valence-electron chi connectivity index (χ0n) is 11.8. The van der Waals surface area contributed by atoms with E-state index in [1.165, 1.54) is 17.0 Å². The summed E-state index contributed by atoms with van der Waals surface area (Å²) in [5, 5.41) is 12.8. The van der Waals surface area contributed by atoms with Crippen molar-refractivity contribution < 1.29 is 5.11 Å². The zero-order valence-corrected chi connectivity index (χ0v) is 11.8. The number of aliphatic hydroxyl groups is 1. The van der Waals surface area contributed by atoms with Crippen molar-refractivity contribution in [2.24, 2.45) is 0 Å². The standard InChI is InChI=1S/C14H26N2O/c1-6-14(5,10-17)15-9-13-8-11(3)16(7-2)12(13)4/h8,15,17H,6-7,9-10H2,1-5H3. The summed E-state index contributed by atoms with van der Waals surface area (Å²) in [7, 11) is 0. The molecule has 0 bridgehead atoms. The van der Waals surface area contributed by atoms with Crippen LogP contribution in [0.4, 0.5) is 0 Å². The number of hydrogen-bond acceptors (Lipinski definition) is 2. The second-order valence-electron chi connectivity index (χ2n) is 5.07. The Labute approximate surface area is 105 Å². The lowest BCUT2D eigenvalue weighted by atomic mass is 10.00. The summed E-state index contributed by atoms with van der Waals surface area (Å²) in [5.74, 6) is 0. The van der Waals surface area contributed by atoms with Gasteiger partial charge in [-0.1, -0.05) is 6.92 Å². The Morgan fingerprint density at radius 2 is 2.00 bits per heavy atom. The fourth-order valence-electron chi connectivity index (χ4n) is 2.14. The molecular formula is C14H26N2O. The van der Waals surface area contributed by atoms with Crippen molar-refractivity contribution in [1.82, 2.24) is 9.88 Å². The highest BCUT2D eigenvalue weighted by Gasteiger charge is 2.20. The van der Waals surface area contributed by atoms with Crippen molar-refractivity contribution in [2.45, 2.75) is 59.7 Å². The van der Waals surface area contributed by atoms with Crippen LogP contribution in [-0.2, 0) is 13.1 Å². The topological polar surface area (TPSA) is 37.2 Å². The first-order valence-corrected chi connectivity index (χ1v) is 6.49. The SMILES string of the molecule is CCn1c(C)cc(CNC(C)(CC)CO)c1C. The van der Waals surface area contributed by atoms with Crippen LogP contribution in [0.2, 0.25) is 0 Å². The van der Waals surface area contributed by atoms with E-state index in [9.17, 15) is 5.11 Å². The predicted octanol–water partition coefficient (Wildman–Crippen LogP) is 2.38. The molecular weight excluding hydrogens is 212 g/mol. The molecule has 0 aliphatic rings. The molecule has 0 amide bonds. The Kier molecular flexibility index (Phi) is 4.78. The second kappa shape index (κ2) is 5.69. The lowest BCUT2D eigenvalue weighted by Crippen LogP contribution is -2.44. The summed E-state index contributed by atoms with van der Waals surface area (Å²) in [6, 6.07) is 2.24. The minimum absolute atomic E-state index is 0.172. The first kappa shape index (κ1) is 14.3. The van der Waals surface area contributed by atoms with Crippen molar-refractivity contribution in [3.05, 3.63) is 23.0 Å². The van der Waals surface area contributed by atoms with Gasteiger partial charge in [0.15, 0.2) is 0 Å². The fourth-order valence-corrected chi connectivity index (χ4v) is 2.14. The van der Waals surface area contributed by atoms with Gasteiger partial charge in [0.05, 0.1) is 6.61 Å². The van der Waals surface area contributed by atoms with E-state index in [1.807, 2.05) is 0 Å². The number of hydrogen-bond donors (Lipinski definition) is 2. The maximum Gasteiger partial charge on any atom is 0.0610 e. The van der Waals surface area contributed by atoms with Crippen molar-refractivity contribution >= 4 is 0 Å². The van der Waals surface area contributed by atoms with Gasteiger partial charge in [-0.25, -0.2) is 0 Å². The van der Waals surface area contributed by atoms with Crippen molar-refractivity contribution in [3.8, 4) is 0 Å². The third kappa shape index (κ3) is 3.11. The summed E-state index contributed by atoms with van der Waals surface area (Å²) in [4.78, 5) is 0. The van der Waals surface area contributed by atoms with Crippen molar-refractivity contribution in [1.29, 1.82) is 0 Å². The van der Waals surface area contributed by atoms with Crippen molar-refractivity contribution in [2.75, 3.05) is 6.61 Å². The summed E-state index contributed by atoms with van der Waals surface area (Å²) in [6.07, 6.45) is 0.927. The maximum atomic E-state index is 9.37. The Morgan fingerprint density at radius 3 is 2.41 bits per heavy atom. The van der Waals surface area contributed by atoms with E-state index in [2.05, 4.69) is 50.6 Å². The monoisotopic (exact) mass is 238 g/mol. The number of nitrogens with zero attached hydrogens (tertiary/aromatic N) is 1. The third-order valence-electron chi connectivity index (χ3n) is 3.83. The average molecular weight is 238 g/mol. The Balaban J connectivity index is 2.76. The number of aromatic nitrogens is 1. The second-order valence-corrected chi connectivity index (χ2v) is 5.07. The molecule has 1 atom stereocenters. The first-order chi connectivity index (χ1) is 7.97. The molecule has 0 radical (unpaired) electrons. The molecule has 1 aromatic heterocycles. The summed E-state index contributed by atoms with van der Waals surface area (Å²) in [6.45, 7) is 12.6. The molecule has 1 unspecified atom stereocenters. The molecule has 2 N–H and O–H groups in total. The van der Waals surface area contributed by atoms with Crippen LogP contribution in [-0.4, -0.2) is 21.8 Å². The van der Waals surface area contributed by atoms with Gasteiger partial charge in [0.2, 0.25) is 0 Å². The highest BCUT2D eigenvalue weighted by molar-refractivity contribution is 5.26. The molecule has 0 spiro atoms. The minimum atomic E-state index is -0.172. The van der Waals surface area contributed by atoms with E-state index < -0.39 is 0 Å². The summed E-state index contributed by atoms with van der Waals surface area (Å²) < 4.78 is 2.32. The van der Waals surface area contributed by atoms with E-state index >= 15 is 0 Å². The summed E-state index contributed by atoms with van der Waals surface area (Å²) >= 11 is 0. The van der Waals surface area contributed by atoms with Gasteiger partial charge in [0, 0.05) is 30.0 Å². The Bertz CT molecular complexity index is 365. The highest BCUT2D eigenvalue weighted by atomic mass is 16.3. The molecule has 0 fully saturated rings. The van der Waals surface area contributed by atoms with Gasteiger partial charge < -0.3 is 15.0 Å². The normalized spacial score (nSPS) is 14.9. The molecule has 0 saturated heterocycles. The van der Waals surface area contributed by atoms with E-state index in [1.54, 1.807) is 0 Å². The van der Waals surface area contributed by atoms with Gasteiger partial charge in [0.25, 0.3) is 0 Å². The van der Waals surface area contributed by atoms with E-state index in [0.717, 1.165) is 19.5 Å². The van der Waals surface area contributed by atoms with Gasteiger partial charge in [-0.05, 0) is 45.7 Å². The largest absolute Gasteiger partial charge is 0.394 e. The van der Waals surface area contributed by atoms with Gasteiger partial charge >= 0.3 is 0 Å². The molecule has 17 heavy (non-hydrogen) atoms. The van der Waals surface area contributed by atoms with Crippen molar-refractivity contribution in [3.63, 3.8) is 0 Å². The quantitative estimate of drug-likeness (QED) is 0.798. The number of aryl methyl sites for hydroxylation is 1. The van der Waals surface area contributed by atoms with Crippen LogP contribution in [0.15, 0.2) is 6.07 Å². The number of aliphatic hydroxyl groups excluding tert-OH is 1. The molecule has 0 aromatic carbocycles. The molecule has 98 valence electrons. The first-order valence-electron chi connectivity index (χ1n) is 6.49. The molecule has 1 aromatic rings. The number of nitrogens with one attached hydrogen (secondary N) is 1. The van der Waals surface area contributed by atoms with Crippen LogP contribution in [0.5, 0.6) is 0 Å². The van der Waals surface area contributed by atoms with Crippen LogP contribution < -0.4 is 5.32 Å². The highest BCUT2D eigenvalue weighted by Crippen LogP contribution is 2.16. The number of rotatable bonds is 6. The molecule has 3 heteroatoms. The molecule has 1 heterocycles. The molecule has 1 rings (SSSR count). The van der Waals surface area contributed by atoms with Gasteiger partial charge in [-0.2, -0.15) is 0 Å². The van der Waals surface area contributed by atoms with E-state index in [0.29, 0.717) is 0 Å².